The summed E-state index contributed by atoms with van der Waals surface area (Å²) in [5.41, 5.74) is 0. The van der Waals surface area contributed by atoms with E-state index in [1.807, 2.05) is 6.92 Å². The average Bonchev–Trinajstić information content (AvgIpc) is 1.36. The summed E-state index contributed by atoms with van der Waals surface area (Å²) in [6.45, 7) is 6.25. The van der Waals surface area contributed by atoms with E-state index in [9.17, 15) is 0 Å². The van der Waals surface area contributed by atoms with Crippen LogP contribution >= 0.6 is 0 Å². The van der Waals surface area contributed by atoms with Crippen molar-refractivity contribution < 1.29 is 18.9 Å². The molecule has 0 saturated heterocycles. The normalized spacial score (nSPS) is 13.3. The third-order valence-corrected chi connectivity index (χ3v) is 1.05. The molecule has 2 heteroatoms. The Kier molecular flexibility index (Phi) is 7.29. The van der Waals surface area contributed by atoms with Crippen LogP contribution in [0.5, 0.6) is 0 Å². The van der Waals surface area contributed by atoms with E-state index >= 15 is 0 Å². The van der Waals surface area contributed by atoms with Crippen LogP contribution in [0.3, 0.4) is 0 Å². The molecule has 0 heterocycles. The van der Waals surface area contributed by atoms with E-state index in [0.717, 1.165) is 0 Å². The first-order valence-electron chi connectivity index (χ1n) is 2.40. The van der Waals surface area contributed by atoms with Crippen molar-refractivity contribution in [2.75, 3.05) is 0 Å². The monoisotopic (exact) mass is 89.1 g/mol. The number of rotatable bonds is 1. The topological polar surface area (TPSA) is 0 Å². The SMILES string of the molecule is [B-]C(C)C(C)C.[Li+]. The molecule has 7 heavy (non-hydrogen) atoms. The van der Waals surface area contributed by atoms with Gasteiger partial charge in [-0.15, -0.1) is 6.92 Å². The molecule has 35 valence electrons. The van der Waals surface area contributed by atoms with Crippen molar-refractivity contribution in [2.24, 2.45) is 5.92 Å². The van der Waals surface area contributed by atoms with Crippen molar-refractivity contribution in [3.8, 4) is 0 Å². The van der Waals surface area contributed by atoms with Crippen LogP contribution in [0.15, 0.2) is 0 Å². The largest absolute Gasteiger partial charge is 1.00 e. The van der Waals surface area contributed by atoms with Gasteiger partial charge in [0.2, 0.25) is 0 Å². The van der Waals surface area contributed by atoms with Gasteiger partial charge in [0.1, 0.15) is 0 Å². The molecule has 1 unspecified atom stereocenters. The fraction of sp³-hybridized carbons (Fsp3) is 1.00. The minimum absolute atomic E-state index is 0. The van der Waals surface area contributed by atoms with E-state index < -0.39 is 0 Å². The molecule has 0 aliphatic rings. The Bertz CT molecular complexity index is 29.1. The van der Waals surface area contributed by atoms with Gasteiger partial charge in [0, 0.05) is 0 Å². The molecule has 0 aliphatic heterocycles. The summed E-state index contributed by atoms with van der Waals surface area (Å²) in [5, 5.41) is 0. The Morgan fingerprint density at radius 1 is 1.14 bits per heavy atom. The van der Waals surface area contributed by atoms with E-state index in [1.165, 1.54) is 0 Å². The van der Waals surface area contributed by atoms with Gasteiger partial charge in [-0.2, -0.15) is 0 Å². The van der Waals surface area contributed by atoms with Crippen LogP contribution in [-0.2, 0) is 0 Å². The second kappa shape index (κ2) is 4.81. The molecule has 0 bridgehead atoms. The Balaban J connectivity index is 0. The second-order valence-corrected chi connectivity index (χ2v) is 2.10. The molecule has 3 radical (unpaired) electrons. The smallest absolute Gasteiger partial charge is 0.622 e. The molecule has 0 saturated carbocycles. The summed E-state index contributed by atoms with van der Waals surface area (Å²) in [6, 6.07) is 0. The third kappa shape index (κ3) is 6.66. The maximum absolute atomic E-state index is 5.44. The van der Waals surface area contributed by atoms with Crippen LogP contribution in [0.2, 0.25) is 5.82 Å². The Hall–Kier alpha value is 0.662. The zero-order chi connectivity index (χ0) is 5.15. The van der Waals surface area contributed by atoms with Crippen LogP contribution < -0.4 is 18.9 Å². The average molecular weight is 88.9 g/mol. The minimum Gasteiger partial charge on any atom is -0.622 e. The summed E-state index contributed by atoms with van der Waals surface area (Å²) in [4.78, 5) is 0. The summed E-state index contributed by atoms with van der Waals surface area (Å²) in [5.74, 6) is 0.981. The van der Waals surface area contributed by atoms with Crippen molar-refractivity contribution >= 4 is 7.85 Å². The summed E-state index contributed by atoms with van der Waals surface area (Å²) in [7, 11) is 5.44. The van der Waals surface area contributed by atoms with Gasteiger partial charge in [-0.25, -0.2) is 0 Å². The quantitative estimate of drug-likeness (QED) is 0.347. The molecular weight excluding hydrogens is 77.8 g/mol. The molecule has 0 N–H and O–H groups in total. The van der Waals surface area contributed by atoms with Crippen molar-refractivity contribution in [3.63, 3.8) is 0 Å². The number of hydrogen-bond acceptors (Lipinski definition) is 0. The van der Waals surface area contributed by atoms with Gasteiger partial charge in [-0.3, -0.25) is 5.82 Å². The first kappa shape index (κ1) is 10.6. The van der Waals surface area contributed by atoms with Gasteiger partial charge in [0.05, 0.1) is 0 Å². The van der Waals surface area contributed by atoms with Crippen LogP contribution in [-0.4, -0.2) is 7.85 Å². The zero-order valence-corrected chi connectivity index (χ0v) is 5.73. The maximum Gasteiger partial charge on any atom is 1.00 e. The first-order valence-corrected chi connectivity index (χ1v) is 2.40. The molecule has 0 aromatic rings. The van der Waals surface area contributed by atoms with Gasteiger partial charge in [0.25, 0.3) is 0 Å². The van der Waals surface area contributed by atoms with Gasteiger partial charge in [-0.05, 0) is 0 Å². The molecule has 0 aromatic heterocycles. The van der Waals surface area contributed by atoms with Crippen molar-refractivity contribution in [1.82, 2.24) is 0 Å². The van der Waals surface area contributed by atoms with E-state index in [4.69, 9.17) is 7.85 Å². The van der Waals surface area contributed by atoms with Crippen LogP contribution in [0.4, 0.5) is 0 Å². The minimum atomic E-state index is 0. The predicted molar refractivity (Wildman–Crippen MR) is 30.0 cm³/mol. The van der Waals surface area contributed by atoms with E-state index in [0.29, 0.717) is 11.7 Å². The molecule has 0 aliphatic carbocycles. The maximum atomic E-state index is 5.44. The van der Waals surface area contributed by atoms with Gasteiger partial charge < -0.3 is 7.85 Å². The molecule has 0 fully saturated rings. The van der Waals surface area contributed by atoms with Gasteiger partial charge in [0.15, 0.2) is 0 Å². The fourth-order valence-electron chi connectivity index (χ4n) is 0. The molecule has 0 rings (SSSR count). The van der Waals surface area contributed by atoms with E-state index in [2.05, 4.69) is 13.8 Å². The predicted octanol–water partition coefficient (Wildman–Crippen LogP) is -1.38. The molecule has 1 atom stereocenters. The van der Waals surface area contributed by atoms with Crippen LogP contribution in [0, 0.1) is 5.92 Å². The number of hydrogen-bond donors (Lipinski definition) is 0. The molecular formula is C5H11BLi. The van der Waals surface area contributed by atoms with Gasteiger partial charge in [-0.1, -0.05) is 19.8 Å². The third-order valence-electron chi connectivity index (χ3n) is 1.05. The fourth-order valence-corrected chi connectivity index (χ4v) is 0. The Labute approximate surface area is 59.6 Å². The van der Waals surface area contributed by atoms with Crippen LogP contribution in [0.25, 0.3) is 0 Å². The van der Waals surface area contributed by atoms with E-state index in [1.54, 1.807) is 0 Å². The summed E-state index contributed by atoms with van der Waals surface area (Å²) >= 11 is 0. The molecule has 0 nitrogen and oxygen atoms in total. The molecule has 0 amide bonds. The molecule has 0 aromatic carbocycles. The van der Waals surface area contributed by atoms with E-state index in [-0.39, 0.29) is 18.9 Å². The van der Waals surface area contributed by atoms with Crippen molar-refractivity contribution in [1.29, 1.82) is 0 Å². The van der Waals surface area contributed by atoms with Gasteiger partial charge >= 0.3 is 18.9 Å². The Morgan fingerprint density at radius 2 is 1.29 bits per heavy atom. The summed E-state index contributed by atoms with van der Waals surface area (Å²) in [6.07, 6.45) is 0. The standard InChI is InChI=1S/C5H11B.Li/c1-4(2)5(3)6;/h4-5H,1-3H3;/q-1;+1. The first-order chi connectivity index (χ1) is 2.64. The second-order valence-electron chi connectivity index (χ2n) is 2.10. The summed E-state index contributed by atoms with van der Waals surface area (Å²) < 4.78 is 0. The van der Waals surface area contributed by atoms with Crippen LogP contribution in [0.1, 0.15) is 20.8 Å². The molecule has 0 spiro atoms. The Morgan fingerprint density at radius 3 is 1.29 bits per heavy atom. The van der Waals surface area contributed by atoms with Crippen molar-refractivity contribution in [3.05, 3.63) is 0 Å². The zero-order valence-electron chi connectivity index (χ0n) is 5.73. The van der Waals surface area contributed by atoms with Crippen molar-refractivity contribution in [2.45, 2.75) is 26.6 Å².